The van der Waals surface area contributed by atoms with Gasteiger partial charge >= 0.3 is 0 Å². The molecule has 0 amide bonds. The molecule has 38 valence electrons. The zero-order valence-electron chi connectivity index (χ0n) is 4.01. The van der Waals surface area contributed by atoms with E-state index >= 15 is 0 Å². The minimum atomic E-state index is 0.713. The van der Waals surface area contributed by atoms with Crippen molar-refractivity contribution in [2.75, 3.05) is 0 Å². The van der Waals surface area contributed by atoms with Crippen molar-refractivity contribution in [3.8, 4) is 0 Å². The molecule has 1 aromatic heterocycles. The fourth-order valence-corrected chi connectivity index (χ4v) is 0.630. The fraction of sp³-hybridized carbons (Fsp3) is 0.250. The second-order valence-corrected chi connectivity index (χ2v) is 1.88. The molecule has 1 unspecified atom stereocenters. The van der Waals surface area contributed by atoms with Crippen molar-refractivity contribution in [1.29, 1.82) is 0 Å². The van der Waals surface area contributed by atoms with Gasteiger partial charge in [-0.15, -0.1) is 0 Å². The number of oxazole rings is 1. The molecule has 0 aliphatic carbocycles. The van der Waals surface area contributed by atoms with E-state index in [4.69, 9.17) is 4.42 Å². The van der Waals surface area contributed by atoms with Gasteiger partial charge in [-0.3, -0.25) is 0 Å². The maximum absolute atomic E-state index is 4.83. The van der Waals surface area contributed by atoms with Crippen molar-refractivity contribution in [1.82, 2.24) is 4.98 Å². The summed E-state index contributed by atoms with van der Waals surface area (Å²) in [6, 6.07) is 0. The molecule has 0 bridgehead atoms. The largest absolute Gasteiger partial charge is 0.449 e. The molecule has 3 heteroatoms. The Morgan fingerprint density at radius 1 is 1.86 bits per heavy atom. The fourth-order valence-electron chi connectivity index (χ4n) is 0.380. The summed E-state index contributed by atoms with van der Waals surface area (Å²) in [6.45, 7) is 1.81. The first-order valence-corrected chi connectivity index (χ1v) is 2.54. The lowest BCUT2D eigenvalue weighted by molar-refractivity contribution is 0.522. The number of hydrogen-bond acceptors (Lipinski definition) is 2. The Hall–Kier alpha value is -0.360. The number of nitrogens with zero attached hydrogens (tertiary/aromatic N) is 1. The van der Waals surface area contributed by atoms with Gasteiger partial charge in [0.2, 0.25) is 0 Å². The molecule has 0 saturated carbocycles. The zero-order valence-corrected chi connectivity index (χ0v) is 5.16. The summed E-state index contributed by atoms with van der Waals surface area (Å²) in [6.07, 6.45) is 1.60. The van der Waals surface area contributed by atoms with Crippen LogP contribution in [0.5, 0.6) is 0 Å². The van der Waals surface area contributed by atoms with Crippen LogP contribution in [-0.4, -0.2) is 4.98 Å². The smallest absolute Gasteiger partial charge is 0.191 e. The molecule has 1 aromatic rings. The molecular formula is C4H6NOP. The molecular weight excluding hydrogens is 109 g/mol. The highest BCUT2D eigenvalue weighted by atomic mass is 31.0. The Bertz CT molecular complexity index is 144. The van der Waals surface area contributed by atoms with E-state index in [1.165, 1.54) is 0 Å². The molecule has 1 atom stereocenters. The van der Waals surface area contributed by atoms with E-state index in [9.17, 15) is 0 Å². The minimum Gasteiger partial charge on any atom is -0.449 e. The molecule has 1 rings (SSSR count). The molecule has 0 aliphatic heterocycles. The van der Waals surface area contributed by atoms with Gasteiger partial charge in [-0.1, -0.05) is 9.24 Å². The Morgan fingerprint density at radius 3 is 2.71 bits per heavy atom. The van der Waals surface area contributed by atoms with Crippen molar-refractivity contribution in [2.45, 2.75) is 6.92 Å². The summed E-state index contributed by atoms with van der Waals surface area (Å²) in [5.41, 5.74) is 0.859. The van der Waals surface area contributed by atoms with Gasteiger partial charge in [-0.25, -0.2) is 4.98 Å². The van der Waals surface area contributed by atoms with Gasteiger partial charge in [0.1, 0.15) is 6.26 Å². The van der Waals surface area contributed by atoms with E-state index in [1.54, 1.807) is 6.26 Å². The van der Waals surface area contributed by atoms with Crippen LogP contribution in [-0.2, 0) is 0 Å². The van der Waals surface area contributed by atoms with E-state index in [0.29, 0.717) is 5.89 Å². The van der Waals surface area contributed by atoms with Gasteiger partial charge < -0.3 is 4.42 Å². The average Bonchev–Trinajstić information content (AvgIpc) is 1.87. The van der Waals surface area contributed by atoms with Crippen LogP contribution in [0.25, 0.3) is 0 Å². The summed E-state index contributed by atoms with van der Waals surface area (Å²) in [7, 11) is 2.45. The number of aryl methyl sites for hydroxylation is 1. The highest BCUT2D eigenvalue weighted by Crippen LogP contribution is 1.90. The molecule has 7 heavy (non-hydrogen) atoms. The maximum atomic E-state index is 4.83. The normalized spacial score (nSPS) is 9.43. The van der Waals surface area contributed by atoms with Gasteiger partial charge in [0.25, 0.3) is 0 Å². The first-order valence-electron chi connectivity index (χ1n) is 1.96. The lowest BCUT2D eigenvalue weighted by Crippen LogP contribution is -1.86. The molecule has 2 nitrogen and oxygen atoms in total. The Labute approximate surface area is 44.1 Å². The molecule has 1 heterocycles. The van der Waals surface area contributed by atoms with Crippen LogP contribution < -0.4 is 5.44 Å². The van der Waals surface area contributed by atoms with Gasteiger partial charge in [-0.2, -0.15) is 0 Å². The van der Waals surface area contributed by atoms with Crippen molar-refractivity contribution < 1.29 is 4.42 Å². The highest BCUT2D eigenvalue weighted by molar-refractivity contribution is 7.26. The van der Waals surface area contributed by atoms with E-state index in [0.717, 1.165) is 5.44 Å². The molecule has 0 spiro atoms. The van der Waals surface area contributed by atoms with Crippen LogP contribution in [0.15, 0.2) is 10.7 Å². The molecule has 0 saturated heterocycles. The molecule has 0 radical (unpaired) electrons. The average molecular weight is 115 g/mol. The van der Waals surface area contributed by atoms with Crippen LogP contribution in [0.2, 0.25) is 0 Å². The predicted octanol–water partition coefficient (Wildman–Crippen LogP) is 0.483. The van der Waals surface area contributed by atoms with Crippen molar-refractivity contribution >= 4 is 14.7 Å². The summed E-state index contributed by atoms with van der Waals surface area (Å²) >= 11 is 0. The summed E-state index contributed by atoms with van der Waals surface area (Å²) in [4.78, 5) is 3.91. The minimum absolute atomic E-state index is 0.713. The first-order chi connectivity index (χ1) is 3.29. The number of hydrogen-bond donors (Lipinski definition) is 0. The van der Waals surface area contributed by atoms with Crippen molar-refractivity contribution in [2.24, 2.45) is 0 Å². The van der Waals surface area contributed by atoms with Crippen LogP contribution in [0.4, 0.5) is 0 Å². The van der Waals surface area contributed by atoms with Crippen LogP contribution >= 0.6 is 9.24 Å². The topological polar surface area (TPSA) is 26.0 Å². The van der Waals surface area contributed by atoms with Gasteiger partial charge in [0.05, 0.1) is 5.44 Å². The third-order valence-corrected chi connectivity index (χ3v) is 0.902. The maximum Gasteiger partial charge on any atom is 0.191 e. The van der Waals surface area contributed by atoms with Crippen LogP contribution in [0.1, 0.15) is 5.89 Å². The Morgan fingerprint density at radius 2 is 2.57 bits per heavy atom. The van der Waals surface area contributed by atoms with Crippen LogP contribution in [0.3, 0.4) is 0 Å². The van der Waals surface area contributed by atoms with E-state index in [-0.39, 0.29) is 0 Å². The lowest BCUT2D eigenvalue weighted by Gasteiger charge is -1.68. The highest BCUT2D eigenvalue weighted by Gasteiger charge is 1.87. The third-order valence-electron chi connectivity index (χ3n) is 0.637. The first kappa shape index (κ1) is 4.79. The van der Waals surface area contributed by atoms with Gasteiger partial charge in [0.15, 0.2) is 5.89 Å². The standard InChI is InChI=1S/C4H6NOP/c1-3-5-4(7)2-6-3/h2H,7H2,1H3. The van der Waals surface area contributed by atoms with E-state index < -0.39 is 0 Å². The molecule has 0 aliphatic rings. The van der Waals surface area contributed by atoms with Gasteiger partial charge in [-0.05, 0) is 0 Å². The molecule has 0 N–H and O–H groups in total. The SMILES string of the molecule is Cc1nc(P)co1. The second-order valence-electron chi connectivity index (χ2n) is 1.29. The Kier molecular flexibility index (Phi) is 1.11. The van der Waals surface area contributed by atoms with E-state index in [1.807, 2.05) is 6.92 Å². The zero-order chi connectivity index (χ0) is 5.28. The van der Waals surface area contributed by atoms with Crippen molar-refractivity contribution in [3.05, 3.63) is 12.2 Å². The van der Waals surface area contributed by atoms with Crippen LogP contribution in [0, 0.1) is 6.92 Å². The Balaban J connectivity index is 3.04. The van der Waals surface area contributed by atoms with Crippen molar-refractivity contribution in [3.63, 3.8) is 0 Å². The molecule has 0 fully saturated rings. The monoisotopic (exact) mass is 115 g/mol. The van der Waals surface area contributed by atoms with E-state index in [2.05, 4.69) is 14.2 Å². The number of rotatable bonds is 0. The second kappa shape index (κ2) is 1.63. The summed E-state index contributed by atoms with van der Waals surface area (Å²) in [5.74, 6) is 0.713. The number of aromatic nitrogens is 1. The third kappa shape index (κ3) is 1.00. The molecule has 0 aromatic carbocycles. The van der Waals surface area contributed by atoms with Gasteiger partial charge in [0, 0.05) is 6.92 Å². The lowest BCUT2D eigenvalue weighted by atomic mass is 10.8. The summed E-state index contributed by atoms with van der Waals surface area (Å²) in [5, 5.41) is 0. The predicted molar refractivity (Wildman–Crippen MR) is 30.6 cm³/mol. The quantitative estimate of drug-likeness (QED) is 0.460. The summed E-state index contributed by atoms with van der Waals surface area (Å²) < 4.78 is 4.83.